The van der Waals surface area contributed by atoms with Gasteiger partial charge >= 0.3 is 6.01 Å². The van der Waals surface area contributed by atoms with Crippen molar-refractivity contribution in [1.82, 2.24) is 14.8 Å². The Morgan fingerprint density at radius 3 is 2.46 bits per heavy atom. The van der Waals surface area contributed by atoms with Crippen molar-refractivity contribution in [3.8, 4) is 34.6 Å². The van der Waals surface area contributed by atoms with Crippen LogP contribution in [0.3, 0.4) is 0 Å². The van der Waals surface area contributed by atoms with Crippen LogP contribution in [0.25, 0.3) is 27.8 Å². The number of phenolic OH excluding ortho intramolecular Hbond substituents is 2. The predicted octanol–water partition coefficient (Wildman–Crippen LogP) is 3.77. The van der Waals surface area contributed by atoms with Crippen molar-refractivity contribution < 1.29 is 15.3 Å². The SMILES string of the molecule is CCc1cc(-c2nnc(O)n2-c2cccc3ccccc23)c(O)cc1O. The topological polar surface area (TPSA) is 91.4 Å². The minimum atomic E-state index is -0.276. The molecule has 1 heterocycles. The summed E-state index contributed by atoms with van der Waals surface area (Å²) in [6.07, 6.45) is 0.591. The predicted molar refractivity (Wildman–Crippen MR) is 98.7 cm³/mol. The van der Waals surface area contributed by atoms with Gasteiger partial charge in [0.1, 0.15) is 11.5 Å². The third-order valence-electron chi connectivity index (χ3n) is 4.47. The number of benzene rings is 3. The van der Waals surface area contributed by atoms with Gasteiger partial charge < -0.3 is 15.3 Å². The molecule has 0 bridgehead atoms. The maximum Gasteiger partial charge on any atom is 0.319 e. The molecule has 130 valence electrons. The number of hydrogen-bond acceptors (Lipinski definition) is 5. The van der Waals surface area contributed by atoms with Crippen molar-refractivity contribution in [2.24, 2.45) is 0 Å². The van der Waals surface area contributed by atoms with Crippen LogP contribution in [0, 0.1) is 0 Å². The van der Waals surface area contributed by atoms with Crippen molar-refractivity contribution in [3.05, 3.63) is 60.2 Å². The second kappa shape index (κ2) is 6.07. The number of phenols is 2. The van der Waals surface area contributed by atoms with E-state index in [-0.39, 0.29) is 17.5 Å². The number of aryl methyl sites for hydroxylation is 1. The van der Waals surface area contributed by atoms with Gasteiger partial charge in [0.05, 0.1) is 11.3 Å². The maximum atomic E-state index is 10.3. The van der Waals surface area contributed by atoms with Gasteiger partial charge in [0.25, 0.3) is 0 Å². The Kier molecular flexibility index (Phi) is 3.73. The van der Waals surface area contributed by atoms with E-state index in [1.165, 1.54) is 10.6 Å². The highest BCUT2D eigenvalue weighted by atomic mass is 16.3. The second-order valence-corrected chi connectivity index (χ2v) is 6.01. The zero-order valence-corrected chi connectivity index (χ0v) is 14.1. The lowest BCUT2D eigenvalue weighted by Gasteiger charge is -2.13. The van der Waals surface area contributed by atoms with Gasteiger partial charge in [-0.15, -0.1) is 5.10 Å². The number of hydrogen-bond donors (Lipinski definition) is 3. The highest BCUT2D eigenvalue weighted by Gasteiger charge is 2.20. The van der Waals surface area contributed by atoms with Crippen LogP contribution < -0.4 is 0 Å². The highest BCUT2D eigenvalue weighted by Crippen LogP contribution is 2.37. The average Bonchev–Trinajstić information content (AvgIpc) is 3.02. The summed E-state index contributed by atoms with van der Waals surface area (Å²) in [6, 6.07) is 16.2. The van der Waals surface area contributed by atoms with Crippen LogP contribution >= 0.6 is 0 Å². The fourth-order valence-corrected chi connectivity index (χ4v) is 3.16. The molecule has 3 aromatic carbocycles. The molecule has 6 nitrogen and oxygen atoms in total. The minimum absolute atomic E-state index is 0.0224. The molecular formula is C20H17N3O3. The molecule has 0 radical (unpaired) electrons. The van der Waals surface area contributed by atoms with Gasteiger partial charge in [-0.3, -0.25) is 0 Å². The van der Waals surface area contributed by atoms with Crippen molar-refractivity contribution in [1.29, 1.82) is 0 Å². The Morgan fingerprint density at radius 2 is 1.65 bits per heavy atom. The maximum absolute atomic E-state index is 10.3. The molecule has 6 heteroatoms. The molecule has 0 aliphatic rings. The van der Waals surface area contributed by atoms with Crippen LogP contribution in [0.1, 0.15) is 12.5 Å². The van der Waals surface area contributed by atoms with Crippen molar-refractivity contribution in [3.63, 3.8) is 0 Å². The van der Waals surface area contributed by atoms with Gasteiger partial charge in [0, 0.05) is 11.5 Å². The molecule has 4 rings (SSSR count). The Hall–Kier alpha value is -3.54. The lowest BCUT2D eigenvalue weighted by atomic mass is 10.0. The summed E-state index contributed by atoms with van der Waals surface area (Å²) < 4.78 is 1.49. The Morgan fingerprint density at radius 1 is 0.885 bits per heavy atom. The van der Waals surface area contributed by atoms with E-state index >= 15 is 0 Å². The number of fused-ring (bicyclic) bond motifs is 1. The van der Waals surface area contributed by atoms with Gasteiger partial charge in [-0.25, -0.2) is 4.57 Å². The first-order valence-electron chi connectivity index (χ1n) is 8.28. The fourth-order valence-electron chi connectivity index (χ4n) is 3.16. The van der Waals surface area contributed by atoms with Crippen LogP contribution in [-0.4, -0.2) is 30.1 Å². The molecular weight excluding hydrogens is 330 g/mol. The zero-order chi connectivity index (χ0) is 18.3. The fraction of sp³-hybridized carbons (Fsp3) is 0.100. The van der Waals surface area contributed by atoms with Crippen LogP contribution in [0.5, 0.6) is 17.5 Å². The number of rotatable bonds is 3. The highest BCUT2D eigenvalue weighted by molar-refractivity contribution is 5.91. The first-order chi connectivity index (χ1) is 12.6. The van der Waals surface area contributed by atoms with Gasteiger partial charge in [0.2, 0.25) is 0 Å². The van der Waals surface area contributed by atoms with Gasteiger partial charge in [-0.2, -0.15) is 0 Å². The molecule has 0 fully saturated rings. The van der Waals surface area contributed by atoms with E-state index in [4.69, 9.17) is 0 Å². The van der Waals surface area contributed by atoms with Gasteiger partial charge in [-0.05, 0) is 29.5 Å². The molecule has 0 spiro atoms. The normalized spacial score (nSPS) is 11.1. The minimum Gasteiger partial charge on any atom is -0.508 e. The smallest absolute Gasteiger partial charge is 0.319 e. The van der Waals surface area contributed by atoms with E-state index in [1.54, 1.807) is 6.07 Å². The molecule has 0 saturated heterocycles. The van der Waals surface area contributed by atoms with Crippen LogP contribution in [-0.2, 0) is 6.42 Å². The van der Waals surface area contributed by atoms with Crippen LogP contribution in [0.2, 0.25) is 0 Å². The van der Waals surface area contributed by atoms with E-state index in [0.717, 1.165) is 10.8 Å². The lowest BCUT2D eigenvalue weighted by Crippen LogP contribution is -1.99. The summed E-state index contributed by atoms with van der Waals surface area (Å²) in [5.41, 5.74) is 1.76. The second-order valence-electron chi connectivity index (χ2n) is 6.01. The van der Waals surface area contributed by atoms with Crippen molar-refractivity contribution >= 4 is 10.8 Å². The number of nitrogens with zero attached hydrogens (tertiary/aromatic N) is 3. The summed E-state index contributed by atoms with van der Waals surface area (Å²) in [7, 11) is 0. The molecule has 0 unspecified atom stereocenters. The van der Waals surface area contributed by atoms with Crippen molar-refractivity contribution in [2.75, 3.05) is 0 Å². The van der Waals surface area contributed by atoms with Gasteiger partial charge in [0.15, 0.2) is 5.82 Å². The van der Waals surface area contributed by atoms with Crippen molar-refractivity contribution in [2.45, 2.75) is 13.3 Å². The Labute approximate surface area is 149 Å². The first kappa shape index (κ1) is 16.0. The Bertz CT molecular complexity index is 1110. The summed E-state index contributed by atoms with van der Waals surface area (Å²) in [4.78, 5) is 0. The summed E-state index contributed by atoms with van der Waals surface area (Å²) in [6.45, 7) is 1.91. The lowest BCUT2D eigenvalue weighted by molar-refractivity contribution is 0.420. The zero-order valence-electron chi connectivity index (χ0n) is 14.1. The molecule has 4 aromatic rings. The molecule has 0 atom stereocenters. The van der Waals surface area contributed by atoms with Crippen LogP contribution in [0.4, 0.5) is 0 Å². The van der Waals surface area contributed by atoms with E-state index in [9.17, 15) is 15.3 Å². The quantitative estimate of drug-likeness (QED) is 0.525. The van der Waals surface area contributed by atoms with E-state index in [1.807, 2.05) is 49.4 Å². The molecule has 26 heavy (non-hydrogen) atoms. The summed E-state index contributed by atoms with van der Waals surface area (Å²) in [5.74, 6) is 0.189. The molecule has 0 amide bonds. The largest absolute Gasteiger partial charge is 0.508 e. The number of aromatic hydroxyl groups is 3. The van der Waals surface area contributed by atoms with E-state index in [2.05, 4.69) is 10.2 Å². The van der Waals surface area contributed by atoms with Crippen LogP contribution in [0.15, 0.2) is 54.6 Å². The average molecular weight is 347 g/mol. The molecule has 0 saturated carbocycles. The standard InChI is InChI=1S/C20H17N3O3/c1-2-12-10-15(18(25)11-17(12)24)19-21-22-20(26)23(19)16-9-5-7-13-6-3-4-8-14(13)16/h3-11,24-25H,2H2,1H3,(H,22,26). The molecule has 1 aromatic heterocycles. The van der Waals surface area contributed by atoms with E-state index in [0.29, 0.717) is 29.1 Å². The first-order valence-corrected chi connectivity index (χ1v) is 8.28. The monoisotopic (exact) mass is 347 g/mol. The summed E-state index contributed by atoms with van der Waals surface area (Å²) in [5, 5.41) is 40.4. The third-order valence-corrected chi connectivity index (χ3v) is 4.47. The molecule has 0 aliphatic heterocycles. The molecule has 3 N–H and O–H groups in total. The number of aromatic nitrogens is 3. The summed E-state index contributed by atoms with van der Waals surface area (Å²) >= 11 is 0. The van der Waals surface area contributed by atoms with E-state index < -0.39 is 0 Å². The van der Waals surface area contributed by atoms with Gasteiger partial charge in [-0.1, -0.05) is 48.4 Å². The Balaban J connectivity index is 2.01. The molecule has 0 aliphatic carbocycles. The third kappa shape index (κ3) is 2.43.